The minimum Gasteiger partial charge on any atom is -0.487 e. The zero-order valence-corrected chi connectivity index (χ0v) is 15.9. The summed E-state index contributed by atoms with van der Waals surface area (Å²) in [4.78, 5) is 17.6. The molecule has 1 aliphatic rings. The average molecular weight is 389 g/mol. The Hall–Kier alpha value is -2.52. The van der Waals surface area contributed by atoms with Crippen LogP contribution in [0.3, 0.4) is 0 Å². The number of likely N-dealkylation sites (tertiary alicyclic amines) is 1. The summed E-state index contributed by atoms with van der Waals surface area (Å²) < 4.78 is 22.0. The summed E-state index contributed by atoms with van der Waals surface area (Å²) in [5.41, 5.74) is 1.01. The number of carbonyl (C=O) groups excluding carboxylic acids is 1. The van der Waals surface area contributed by atoms with E-state index in [1.165, 1.54) is 18.3 Å². The van der Waals surface area contributed by atoms with E-state index in [9.17, 15) is 9.18 Å². The second kappa shape index (κ2) is 7.24. The average Bonchev–Trinajstić information content (AvgIpc) is 3.28. The van der Waals surface area contributed by atoms with Gasteiger partial charge < -0.3 is 10.1 Å². The predicted molar refractivity (Wildman–Crippen MR) is 100 cm³/mol. The number of amides is 1. The molecular weight excluding hydrogens is 369 g/mol. The van der Waals surface area contributed by atoms with Crippen molar-refractivity contribution >= 4 is 27.9 Å². The summed E-state index contributed by atoms with van der Waals surface area (Å²) in [6, 6.07) is 6.10. The quantitative estimate of drug-likeness (QED) is 0.726. The summed E-state index contributed by atoms with van der Waals surface area (Å²) in [6.45, 7) is 4.63. The van der Waals surface area contributed by atoms with Gasteiger partial charge in [-0.1, -0.05) is 11.3 Å². The minimum absolute atomic E-state index is 0.0267. The highest BCUT2D eigenvalue weighted by Crippen LogP contribution is 2.29. The number of hydrogen-bond acceptors (Lipinski definition) is 6. The van der Waals surface area contributed by atoms with Crippen LogP contribution in [0, 0.1) is 5.95 Å². The highest BCUT2D eigenvalue weighted by molar-refractivity contribution is 7.15. The number of nitrogens with zero attached hydrogens (tertiary/aromatic N) is 4. The van der Waals surface area contributed by atoms with Crippen molar-refractivity contribution in [2.45, 2.75) is 39.0 Å². The topological polar surface area (TPSA) is 71.8 Å². The first-order valence-corrected chi connectivity index (χ1v) is 9.56. The molecular formula is C18H20FN5O2S. The van der Waals surface area contributed by atoms with Crippen molar-refractivity contribution in [2.75, 3.05) is 11.9 Å². The smallest absolute Gasteiger partial charge is 0.230 e. The summed E-state index contributed by atoms with van der Waals surface area (Å²) in [7, 11) is 0. The molecule has 4 heterocycles. The molecule has 0 bridgehead atoms. The first-order valence-electron chi connectivity index (χ1n) is 8.75. The normalized spacial score (nSPS) is 20.3. The number of ether oxygens (including phenoxy) is 1. The van der Waals surface area contributed by atoms with E-state index in [0.717, 1.165) is 17.7 Å². The van der Waals surface area contributed by atoms with Crippen molar-refractivity contribution in [3.8, 4) is 5.75 Å². The fourth-order valence-corrected chi connectivity index (χ4v) is 4.24. The number of nitrogens with one attached hydrogen (secondary N) is 1. The molecule has 1 saturated heterocycles. The zero-order chi connectivity index (χ0) is 19.0. The number of thiazole rings is 1. The monoisotopic (exact) mass is 389 g/mol. The summed E-state index contributed by atoms with van der Waals surface area (Å²) in [5, 5.41) is 7.05. The maximum Gasteiger partial charge on any atom is 0.230 e. The Kier molecular flexibility index (Phi) is 4.79. The molecule has 1 aliphatic heterocycles. The van der Waals surface area contributed by atoms with E-state index < -0.39 is 5.95 Å². The number of fused-ring (bicyclic) bond motifs is 1. The molecule has 9 heteroatoms. The molecule has 1 amide bonds. The van der Waals surface area contributed by atoms with Gasteiger partial charge in [-0.15, -0.1) is 0 Å². The standard InChI is InChI=1S/C18H20FN5O2S/c1-11-7-15(26-14-4-3-13-5-6-20-24(13)9-14)8-23(11)10-16-17(19)22-18(27-16)21-12(2)25/h3-6,9,11,15H,7-8,10H2,1-2H3,(H,21,22,25)/t11-,15+/m0/s1. The van der Waals surface area contributed by atoms with Crippen molar-refractivity contribution < 1.29 is 13.9 Å². The lowest BCUT2D eigenvalue weighted by Crippen LogP contribution is -2.28. The second-order valence-corrected chi connectivity index (χ2v) is 7.82. The van der Waals surface area contributed by atoms with Crippen LogP contribution in [0.2, 0.25) is 0 Å². The highest BCUT2D eigenvalue weighted by atomic mass is 32.1. The Morgan fingerprint density at radius 3 is 3.11 bits per heavy atom. The largest absolute Gasteiger partial charge is 0.487 e. The minimum atomic E-state index is -0.524. The molecule has 0 radical (unpaired) electrons. The van der Waals surface area contributed by atoms with Crippen LogP contribution < -0.4 is 10.1 Å². The Balaban J connectivity index is 1.40. The van der Waals surface area contributed by atoms with Gasteiger partial charge in [0.25, 0.3) is 0 Å². The fraction of sp³-hybridized carbons (Fsp3) is 0.389. The van der Waals surface area contributed by atoms with Crippen molar-refractivity contribution in [1.82, 2.24) is 19.5 Å². The fourth-order valence-electron chi connectivity index (χ4n) is 3.33. The van der Waals surface area contributed by atoms with E-state index in [0.29, 0.717) is 23.1 Å². The third-order valence-corrected chi connectivity index (χ3v) is 5.55. The van der Waals surface area contributed by atoms with Crippen LogP contribution in [0.25, 0.3) is 5.52 Å². The SMILES string of the molecule is CC(=O)Nc1nc(F)c(CN2C[C@H](Oc3ccc4ccnn4c3)C[C@@H]2C)s1. The Bertz CT molecular complexity index is 972. The van der Waals surface area contributed by atoms with Gasteiger partial charge in [0.1, 0.15) is 11.9 Å². The highest BCUT2D eigenvalue weighted by Gasteiger charge is 2.31. The number of rotatable bonds is 5. The molecule has 4 rings (SSSR count). The third-order valence-electron chi connectivity index (χ3n) is 4.62. The Morgan fingerprint density at radius 2 is 2.30 bits per heavy atom. The van der Waals surface area contributed by atoms with Crippen LogP contribution >= 0.6 is 11.3 Å². The molecule has 0 aromatic carbocycles. The van der Waals surface area contributed by atoms with Gasteiger partial charge in [0, 0.05) is 38.7 Å². The van der Waals surface area contributed by atoms with Crippen LogP contribution in [-0.4, -0.2) is 44.1 Å². The Labute approximate surface area is 159 Å². The number of hydrogen-bond donors (Lipinski definition) is 1. The molecule has 0 spiro atoms. The molecule has 7 nitrogen and oxygen atoms in total. The molecule has 2 atom stereocenters. The molecule has 1 N–H and O–H groups in total. The van der Waals surface area contributed by atoms with Gasteiger partial charge in [-0.25, -0.2) is 4.52 Å². The summed E-state index contributed by atoms with van der Waals surface area (Å²) >= 11 is 1.17. The molecule has 0 unspecified atom stereocenters. The molecule has 0 aliphatic carbocycles. The number of carbonyl (C=O) groups is 1. The van der Waals surface area contributed by atoms with E-state index in [4.69, 9.17) is 4.74 Å². The number of halogens is 1. The van der Waals surface area contributed by atoms with Gasteiger partial charge >= 0.3 is 0 Å². The molecule has 27 heavy (non-hydrogen) atoms. The van der Waals surface area contributed by atoms with Gasteiger partial charge in [0.05, 0.1) is 16.6 Å². The summed E-state index contributed by atoms with van der Waals surface area (Å²) in [6.07, 6.45) is 4.50. The van der Waals surface area contributed by atoms with Crippen LogP contribution in [0.4, 0.5) is 9.52 Å². The molecule has 3 aromatic heterocycles. The number of aromatic nitrogens is 3. The van der Waals surface area contributed by atoms with E-state index >= 15 is 0 Å². The lowest BCUT2D eigenvalue weighted by atomic mass is 10.2. The zero-order valence-electron chi connectivity index (χ0n) is 15.1. The molecule has 0 saturated carbocycles. The first-order chi connectivity index (χ1) is 13.0. The third kappa shape index (κ3) is 3.93. The molecule has 1 fully saturated rings. The van der Waals surface area contributed by atoms with Crippen molar-refractivity contribution in [3.63, 3.8) is 0 Å². The van der Waals surface area contributed by atoms with E-state index in [2.05, 4.69) is 27.2 Å². The van der Waals surface area contributed by atoms with Crippen LogP contribution in [-0.2, 0) is 11.3 Å². The second-order valence-electron chi connectivity index (χ2n) is 6.73. The van der Waals surface area contributed by atoms with E-state index in [1.54, 1.807) is 10.7 Å². The molecule has 142 valence electrons. The maximum atomic E-state index is 14.1. The lowest BCUT2D eigenvalue weighted by Gasteiger charge is -2.19. The van der Waals surface area contributed by atoms with E-state index in [-0.39, 0.29) is 18.1 Å². The first kappa shape index (κ1) is 17.9. The van der Waals surface area contributed by atoms with Crippen molar-refractivity contribution in [3.05, 3.63) is 41.4 Å². The van der Waals surface area contributed by atoms with Gasteiger partial charge in [0.2, 0.25) is 11.9 Å². The number of anilines is 1. The molecule has 3 aromatic rings. The van der Waals surface area contributed by atoms with Gasteiger partial charge in [-0.3, -0.25) is 9.69 Å². The van der Waals surface area contributed by atoms with Crippen LogP contribution in [0.5, 0.6) is 5.75 Å². The number of pyridine rings is 1. The van der Waals surface area contributed by atoms with Crippen molar-refractivity contribution in [1.29, 1.82) is 0 Å². The summed E-state index contributed by atoms with van der Waals surface area (Å²) in [5.74, 6) is -0.0147. The lowest BCUT2D eigenvalue weighted by molar-refractivity contribution is -0.114. The maximum absolute atomic E-state index is 14.1. The van der Waals surface area contributed by atoms with Gasteiger partial charge in [-0.2, -0.15) is 14.5 Å². The predicted octanol–water partition coefficient (Wildman–Crippen LogP) is 2.93. The van der Waals surface area contributed by atoms with Gasteiger partial charge in [-0.05, 0) is 25.1 Å². The van der Waals surface area contributed by atoms with Crippen molar-refractivity contribution in [2.24, 2.45) is 0 Å². The van der Waals surface area contributed by atoms with E-state index in [1.807, 2.05) is 24.4 Å². The van der Waals surface area contributed by atoms with Crippen LogP contribution in [0.15, 0.2) is 30.6 Å². The van der Waals surface area contributed by atoms with Crippen LogP contribution in [0.1, 0.15) is 25.1 Å². The Morgan fingerprint density at radius 1 is 1.44 bits per heavy atom. The van der Waals surface area contributed by atoms with Gasteiger partial charge in [0.15, 0.2) is 5.13 Å².